The molecule has 0 aliphatic heterocycles. The molecule has 0 aliphatic rings. The van der Waals surface area contributed by atoms with E-state index in [1.165, 1.54) is 16.8 Å². The van der Waals surface area contributed by atoms with Crippen LogP contribution in [0.25, 0.3) is 0 Å². The highest BCUT2D eigenvalue weighted by atomic mass is 16.6. The van der Waals surface area contributed by atoms with Gasteiger partial charge in [0.25, 0.3) is 0 Å². The van der Waals surface area contributed by atoms with Crippen molar-refractivity contribution in [2.24, 2.45) is 0 Å². The number of nitrogens with zero attached hydrogens (tertiary/aromatic N) is 2. The Bertz CT molecular complexity index is 736. The summed E-state index contributed by atoms with van der Waals surface area (Å²) in [4.78, 5) is 71.1. The normalized spacial score (nSPS) is 9.86. The molecular formula is C27H52N6O9. The molecule has 0 aromatic heterocycles. The fraction of sp³-hybridized carbons (Fsp3) is 0.778. The van der Waals surface area contributed by atoms with Crippen LogP contribution < -0.4 is 21.3 Å². The topological polar surface area (TPSA) is 185 Å². The molecule has 15 heteroatoms. The molecule has 0 atom stereocenters. The second-order valence-corrected chi connectivity index (χ2v) is 9.23. The molecule has 0 saturated carbocycles. The molecule has 6 amide bonds. The molecule has 15 nitrogen and oxygen atoms in total. The third-order valence-electron chi connectivity index (χ3n) is 5.57. The minimum Gasteiger partial charge on any atom is -0.450 e. The predicted molar refractivity (Wildman–Crippen MR) is 156 cm³/mol. The fourth-order valence-electron chi connectivity index (χ4n) is 3.05. The van der Waals surface area contributed by atoms with Crippen LogP contribution in [0.5, 0.6) is 0 Å². The number of rotatable bonds is 20. The third-order valence-corrected chi connectivity index (χ3v) is 5.57. The van der Waals surface area contributed by atoms with E-state index in [1.807, 2.05) is 6.92 Å². The van der Waals surface area contributed by atoms with Crippen LogP contribution in [-0.2, 0) is 33.4 Å². The van der Waals surface area contributed by atoms with Gasteiger partial charge < -0.3 is 45.3 Å². The van der Waals surface area contributed by atoms with E-state index in [0.29, 0.717) is 58.2 Å². The van der Waals surface area contributed by atoms with Crippen molar-refractivity contribution in [3.63, 3.8) is 0 Å². The lowest BCUT2D eigenvalue weighted by Crippen LogP contribution is -2.40. The average molecular weight is 605 g/mol. The van der Waals surface area contributed by atoms with E-state index in [-0.39, 0.29) is 50.0 Å². The largest absolute Gasteiger partial charge is 0.450 e. The molecule has 42 heavy (non-hydrogen) atoms. The smallest absolute Gasteiger partial charge is 0.408 e. The first-order valence-electron chi connectivity index (χ1n) is 14.2. The van der Waals surface area contributed by atoms with Crippen LogP contribution >= 0.6 is 0 Å². The predicted octanol–water partition coefficient (Wildman–Crippen LogP) is 1.32. The maximum absolute atomic E-state index is 12.0. The Kier molecular flexibility index (Phi) is 26.6. The molecule has 0 radical (unpaired) electrons. The SMILES string of the molecule is CCCCOC(=O)NCNC(=O)CCCOC.CNC(=O)CCCCC(=O)N(C)CN(C)C(=O)CCCOC(=O)NC. The summed E-state index contributed by atoms with van der Waals surface area (Å²) in [5, 5.41) is 9.85. The molecule has 0 rings (SSSR count). The molecule has 4 N–H and O–H groups in total. The van der Waals surface area contributed by atoms with Crippen LogP contribution in [0.1, 0.15) is 71.1 Å². The summed E-state index contributed by atoms with van der Waals surface area (Å²) in [5.41, 5.74) is 0. The number of ether oxygens (including phenoxy) is 3. The van der Waals surface area contributed by atoms with Crippen LogP contribution in [0.2, 0.25) is 0 Å². The monoisotopic (exact) mass is 604 g/mol. The lowest BCUT2D eigenvalue weighted by Gasteiger charge is -2.25. The fourth-order valence-corrected chi connectivity index (χ4v) is 3.05. The number of carbonyl (C=O) groups excluding carboxylic acids is 6. The Morgan fingerprint density at radius 2 is 1.14 bits per heavy atom. The maximum atomic E-state index is 12.0. The quantitative estimate of drug-likeness (QED) is 0.117. The van der Waals surface area contributed by atoms with Crippen molar-refractivity contribution in [3.8, 4) is 0 Å². The summed E-state index contributed by atoms with van der Waals surface area (Å²) >= 11 is 0. The van der Waals surface area contributed by atoms with Crippen molar-refractivity contribution in [2.75, 3.05) is 68.5 Å². The van der Waals surface area contributed by atoms with Gasteiger partial charge in [0.1, 0.15) is 0 Å². The van der Waals surface area contributed by atoms with Gasteiger partial charge in [0.15, 0.2) is 0 Å². The van der Waals surface area contributed by atoms with E-state index in [2.05, 4.69) is 21.3 Å². The molecule has 0 heterocycles. The van der Waals surface area contributed by atoms with Crippen LogP contribution in [0, 0.1) is 0 Å². The Balaban J connectivity index is 0. The molecule has 0 bridgehead atoms. The lowest BCUT2D eigenvalue weighted by molar-refractivity contribution is -0.137. The van der Waals surface area contributed by atoms with Gasteiger partial charge in [-0.05, 0) is 32.1 Å². The van der Waals surface area contributed by atoms with Crippen LogP contribution in [-0.4, -0.2) is 114 Å². The molecule has 0 aromatic rings. The van der Waals surface area contributed by atoms with Gasteiger partial charge in [0.2, 0.25) is 23.6 Å². The van der Waals surface area contributed by atoms with Gasteiger partial charge in [-0.25, -0.2) is 9.59 Å². The van der Waals surface area contributed by atoms with E-state index in [1.54, 1.807) is 28.3 Å². The number of unbranched alkanes of at least 4 members (excludes halogenated alkanes) is 2. The van der Waals surface area contributed by atoms with Gasteiger partial charge in [0.05, 0.1) is 26.6 Å². The summed E-state index contributed by atoms with van der Waals surface area (Å²) in [7, 11) is 7.90. The van der Waals surface area contributed by atoms with Gasteiger partial charge in [-0.2, -0.15) is 0 Å². The number of methoxy groups -OCH3 is 1. The van der Waals surface area contributed by atoms with E-state index >= 15 is 0 Å². The van der Waals surface area contributed by atoms with Crippen molar-refractivity contribution in [1.82, 2.24) is 31.1 Å². The minimum atomic E-state index is -0.525. The Hall–Kier alpha value is -3.62. The summed E-state index contributed by atoms with van der Waals surface area (Å²) in [6.45, 7) is 3.44. The zero-order valence-electron chi connectivity index (χ0n) is 26.2. The first-order chi connectivity index (χ1) is 20.0. The molecule has 244 valence electrons. The average Bonchev–Trinajstić information content (AvgIpc) is 2.97. The standard InChI is InChI=1S/C16H30N4O5.C11H22N2O4/c1-17-13(21)8-5-6-9-14(22)19(3)12-20(4)15(23)10-7-11-25-16(24)18-2;1-3-4-8-17-11(15)13-9-12-10(14)6-5-7-16-2/h5-12H2,1-4H3,(H,17,21)(H,18,24);3-9H2,1-2H3,(H,12,14)(H,13,15). The maximum Gasteiger partial charge on any atom is 0.408 e. The first-order valence-corrected chi connectivity index (χ1v) is 14.2. The zero-order valence-corrected chi connectivity index (χ0v) is 26.2. The van der Waals surface area contributed by atoms with Crippen LogP contribution in [0.3, 0.4) is 0 Å². The van der Waals surface area contributed by atoms with Crippen molar-refractivity contribution >= 4 is 35.8 Å². The molecular weight excluding hydrogens is 552 g/mol. The third kappa shape index (κ3) is 25.4. The van der Waals surface area contributed by atoms with Gasteiger partial charge in [-0.1, -0.05) is 13.3 Å². The van der Waals surface area contributed by atoms with Gasteiger partial charge in [-0.15, -0.1) is 0 Å². The number of carbonyl (C=O) groups is 6. The van der Waals surface area contributed by atoms with E-state index < -0.39 is 12.2 Å². The molecule has 0 fully saturated rings. The summed E-state index contributed by atoms with van der Waals surface area (Å²) in [6, 6.07) is 0. The highest BCUT2D eigenvalue weighted by Gasteiger charge is 2.15. The summed E-state index contributed by atoms with van der Waals surface area (Å²) < 4.78 is 14.5. The van der Waals surface area contributed by atoms with Crippen LogP contribution in [0.15, 0.2) is 0 Å². The van der Waals surface area contributed by atoms with Crippen LogP contribution in [0.4, 0.5) is 9.59 Å². The summed E-state index contributed by atoms with van der Waals surface area (Å²) in [5.74, 6) is -0.346. The molecule has 0 unspecified atom stereocenters. The molecule has 0 spiro atoms. The number of alkyl carbamates (subject to hydrolysis) is 2. The van der Waals surface area contributed by atoms with Gasteiger partial charge in [-0.3, -0.25) is 19.2 Å². The molecule has 0 saturated heterocycles. The number of hydrogen-bond donors (Lipinski definition) is 4. The second kappa shape index (κ2) is 27.5. The molecule has 0 aromatic carbocycles. The van der Waals surface area contributed by atoms with E-state index in [9.17, 15) is 28.8 Å². The molecule has 0 aliphatic carbocycles. The van der Waals surface area contributed by atoms with Crippen molar-refractivity contribution in [1.29, 1.82) is 0 Å². The van der Waals surface area contributed by atoms with E-state index in [4.69, 9.17) is 14.2 Å². The lowest BCUT2D eigenvalue weighted by atomic mass is 10.2. The van der Waals surface area contributed by atoms with Gasteiger partial charge in [0, 0.05) is 67.6 Å². The van der Waals surface area contributed by atoms with Crippen molar-refractivity contribution in [3.05, 3.63) is 0 Å². The first kappa shape index (κ1) is 40.5. The highest BCUT2D eigenvalue weighted by molar-refractivity contribution is 5.79. The Labute approximate surface area is 249 Å². The number of hydrogen-bond acceptors (Lipinski definition) is 9. The van der Waals surface area contributed by atoms with Crippen molar-refractivity contribution in [2.45, 2.75) is 71.1 Å². The number of amides is 6. The zero-order chi connectivity index (χ0) is 32.2. The Morgan fingerprint density at radius 1 is 0.619 bits per heavy atom. The number of nitrogens with one attached hydrogen (secondary N) is 4. The van der Waals surface area contributed by atoms with Gasteiger partial charge >= 0.3 is 12.2 Å². The minimum absolute atomic E-state index is 0.0356. The summed E-state index contributed by atoms with van der Waals surface area (Å²) in [6.07, 6.45) is 4.54. The van der Waals surface area contributed by atoms with E-state index in [0.717, 1.165) is 12.8 Å². The second-order valence-electron chi connectivity index (χ2n) is 9.23. The van der Waals surface area contributed by atoms with Crippen molar-refractivity contribution < 1.29 is 43.0 Å². The Morgan fingerprint density at radius 3 is 1.71 bits per heavy atom. The highest BCUT2D eigenvalue weighted by Crippen LogP contribution is 2.04.